The highest BCUT2D eigenvalue weighted by molar-refractivity contribution is 7.98. The van der Waals surface area contributed by atoms with Crippen LogP contribution in [0.3, 0.4) is 0 Å². The van der Waals surface area contributed by atoms with Crippen molar-refractivity contribution in [2.75, 3.05) is 6.26 Å². The molecule has 4 heteroatoms. The zero-order chi connectivity index (χ0) is 14.6. The van der Waals surface area contributed by atoms with Crippen LogP contribution in [-0.2, 0) is 9.53 Å². The van der Waals surface area contributed by atoms with E-state index in [2.05, 4.69) is 0 Å². The maximum atomic E-state index is 11.9. The van der Waals surface area contributed by atoms with E-state index in [0.717, 1.165) is 10.5 Å². The number of esters is 1. The van der Waals surface area contributed by atoms with Gasteiger partial charge in [-0.25, -0.2) is 0 Å². The van der Waals surface area contributed by atoms with E-state index in [1.165, 1.54) is 0 Å². The van der Waals surface area contributed by atoms with E-state index in [4.69, 9.17) is 4.74 Å². The molecule has 1 aromatic rings. The minimum Gasteiger partial charge on any atom is -0.460 e. The quantitative estimate of drug-likeness (QED) is 0.679. The number of carbonyl (C=O) groups is 1. The molecule has 0 bridgehead atoms. The summed E-state index contributed by atoms with van der Waals surface area (Å²) in [6, 6.07) is 7.56. The molecule has 0 aliphatic rings. The first-order chi connectivity index (χ1) is 8.74. The first-order valence-corrected chi connectivity index (χ1v) is 7.52. The molecule has 0 heterocycles. The smallest absolute Gasteiger partial charge is 0.312 e. The first kappa shape index (κ1) is 16.1. The van der Waals surface area contributed by atoms with Gasteiger partial charge in [-0.3, -0.25) is 4.79 Å². The van der Waals surface area contributed by atoms with Crippen molar-refractivity contribution in [1.82, 2.24) is 0 Å². The molecule has 0 amide bonds. The van der Waals surface area contributed by atoms with Gasteiger partial charge in [0.2, 0.25) is 0 Å². The molecular weight excluding hydrogens is 260 g/mol. The molecule has 1 aromatic carbocycles. The van der Waals surface area contributed by atoms with Gasteiger partial charge in [-0.2, -0.15) is 0 Å². The predicted octanol–water partition coefficient (Wildman–Crippen LogP) is 3.42. The summed E-state index contributed by atoms with van der Waals surface area (Å²) in [7, 11) is 0. The lowest BCUT2D eigenvalue weighted by atomic mass is 9.97. The summed E-state index contributed by atoms with van der Waals surface area (Å²) in [5.41, 5.74) is 0.199. The highest BCUT2D eigenvalue weighted by Gasteiger charge is 2.28. The lowest BCUT2D eigenvalue weighted by molar-refractivity contribution is -0.163. The molecule has 0 aromatic heterocycles. The van der Waals surface area contributed by atoms with Crippen molar-refractivity contribution in [3.8, 4) is 0 Å². The molecule has 0 aliphatic heterocycles. The molecule has 1 N–H and O–H groups in total. The van der Waals surface area contributed by atoms with Crippen molar-refractivity contribution in [3.05, 3.63) is 29.8 Å². The van der Waals surface area contributed by atoms with Gasteiger partial charge in [0.05, 0.1) is 12.0 Å². The van der Waals surface area contributed by atoms with Crippen LogP contribution in [0, 0.1) is 5.92 Å². The number of hydrogen-bond acceptors (Lipinski definition) is 4. The highest BCUT2D eigenvalue weighted by atomic mass is 32.2. The maximum absolute atomic E-state index is 11.9. The Balaban J connectivity index is 2.75. The Kier molecular flexibility index (Phi) is 5.44. The van der Waals surface area contributed by atoms with Crippen LogP contribution in [0.2, 0.25) is 0 Å². The molecule has 2 unspecified atom stereocenters. The fourth-order valence-electron chi connectivity index (χ4n) is 1.61. The van der Waals surface area contributed by atoms with Crippen LogP contribution in [0.4, 0.5) is 0 Å². The second kappa shape index (κ2) is 6.44. The van der Waals surface area contributed by atoms with Crippen LogP contribution in [0.15, 0.2) is 29.2 Å². The van der Waals surface area contributed by atoms with Crippen LogP contribution in [-0.4, -0.2) is 22.9 Å². The zero-order valence-corrected chi connectivity index (χ0v) is 13.0. The number of thioether (sulfide) groups is 1. The second-order valence-corrected chi connectivity index (χ2v) is 6.42. The first-order valence-electron chi connectivity index (χ1n) is 6.29. The van der Waals surface area contributed by atoms with Crippen molar-refractivity contribution in [1.29, 1.82) is 0 Å². The van der Waals surface area contributed by atoms with Crippen molar-refractivity contribution < 1.29 is 14.6 Å². The van der Waals surface area contributed by atoms with Crippen molar-refractivity contribution in [2.24, 2.45) is 5.92 Å². The summed E-state index contributed by atoms with van der Waals surface area (Å²) < 4.78 is 5.28. The molecule has 2 atom stereocenters. The van der Waals surface area contributed by atoms with E-state index < -0.39 is 17.6 Å². The van der Waals surface area contributed by atoms with Crippen LogP contribution in [0.25, 0.3) is 0 Å². The van der Waals surface area contributed by atoms with Crippen molar-refractivity contribution in [2.45, 2.75) is 44.3 Å². The van der Waals surface area contributed by atoms with Gasteiger partial charge in [0.15, 0.2) is 0 Å². The average Bonchev–Trinajstić information content (AvgIpc) is 2.35. The summed E-state index contributed by atoms with van der Waals surface area (Å²) in [6.45, 7) is 7.13. The fourth-order valence-corrected chi connectivity index (χ4v) is 2.02. The molecule has 0 aliphatic carbocycles. The topological polar surface area (TPSA) is 46.5 Å². The molecule has 0 radical (unpaired) electrons. The van der Waals surface area contributed by atoms with Crippen LogP contribution < -0.4 is 0 Å². The van der Waals surface area contributed by atoms with Gasteiger partial charge in [0.25, 0.3) is 0 Å². The number of rotatable bonds is 4. The Morgan fingerprint density at radius 2 is 1.79 bits per heavy atom. The average molecular weight is 282 g/mol. The van der Waals surface area contributed by atoms with Crippen LogP contribution in [0.5, 0.6) is 0 Å². The van der Waals surface area contributed by atoms with Gasteiger partial charge in [0.1, 0.15) is 5.60 Å². The fraction of sp³-hybridized carbons (Fsp3) is 0.533. The van der Waals surface area contributed by atoms with Crippen molar-refractivity contribution in [3.63, 3.8) is 0 Å². The summed E-state index contributed by atoms with van der Waals surface area (Å²) in [4.78, 5) is 13.0. The molecule has 1 rings (SSSR count). The van der Waals surface area contributed by atoms with Gasteiger partial charge in [-0.15, -0.1) is 11.8 Å². The number of ether oxygens (including phenoxy) is 1. The zero-order valence-electron chi connectivity index (χ0n) is 12.1. The van der Waals surface area contributed by atoms with Gasteiger partial charge < -0.3 is 9.84 Å². The molecule has 0 saturated carbocycles. The molecule has 0 spiro atoms. The van der Waals surface area contributed by atoms with E-state index in [1.807, 2.05) is 51.3 Å². The largest absolute Gasteiger partial charge is 0.460 e. The summed E-state index contributed by atoms with van der Waals surface area (Å²) >= 11 is 1.64. The van der Waals surface area contributed by atoms with E-state index in [-0.39, 0.29) is 5.97 Å². The third-order valence-electron chi connectivity index (χ3n) is 2.71. The molecule has 0 fully saturated rings. The predicted molar refractivity (Wildman–Crippen MR) is 78.2 cm³/mol. The summed E-state index contributed by atoms with van der Waals surface area (Å²) in [6.07, 6.45) is 1.15. The molecule has 106 valence electrons. The van der Waals surface area contributed by atoms with Gasteiger partial charge in [-0.05, 0) is 51.6 Å². The Labute approximate surface area is 119 Å². The summed E-state index contributed by atoms with van der Waals surface area (Å²) in [5, 5.41) is 10.2. The van der Waals surface area contributed by atoms with Gasteiger partial charge in [0, 0.05) is 4.90 Å². The Morgan fingerprint density at radius 1 is 1.26 bits per heavy atom. The Hall–Kier alpha value is -1.00. The summed E-state index contributed by atoms with van der Waals surface area (Å²) in [5.74, 6) is -0.965. The Bertz CT molecular complexity index is 420. The molecular formula is C15H22O3S. The van der Waals surface area contributed by atoms with Gasteiger partial charge in [-0.1, -0.05) is 12.1 Å². The number of hydrogen-bond donors (Lipinski definition) is 1. The third kappa shape index (κ3) is 4.88. The SMILES string of the molecule is CSc1ccc(C(O)C(C)C(=O)OC(C)(C)C)cc1. The Morgan fingerprint density at radius 3 is 2.21 bits per heavy atom. The lowest BCUT2D eigenvalue weighted by Crippen LogP contribution is -2.30. The number of aliphatic hydroxyl groups excluding tert-OH is 1. The molecule has 0 saturated heterocycles. The molecule has 3 nitrogen and oxygen atoms in total. The van der Waals surface area contributed by atoms with E-state index in [1.54, 1.807) is 18.7 Å². The van der Waals surface area contributed by atoms with E-state index in [0.29, 0.717) is 0 Å². The minimum absolute atomic E-state index is 0.381. The standard InChI is InChI=1S/C15H22O3S/c1-10(14(17)18-15(2,3)4)13(16)11-6-8-12(19-5)9-7-11/h6-10,13,16H,1-5H3. The van der Waals surface area contributed by atoms with Gasteiger partial charge >= 0.3 is 5.97 Å². The monoisotopic (exact) mass is 282 g/mol. The van der Waals surface area contributed by atoms with Crippen molar-refractivity contribution >= 4 is 17.7 Å². The number of benzene rings is 1. The maximum Gasteiger partial charge on any atom is 0.312 e. The van der Waals surface area contributed by atoms with E-state index >= 15 is 0 Å². The highest BCUT2D eigenvalue weighted by Crippen LogP contribution is 2.26. The van der Waals surface area contributed by atoms with E-state index in [9.17, 15) is 9.90 Å². The van der Waals surface area contributed by atoms with Crippen LogP contribution >= 0.6 is 11.8 Å². The second-order valence-electron chi connectivity index (χ2n) is 5.54. The molecule has 19 heavy (non-hydrogen) atoms. The number of aliphatic hydroxyl groups is 1. The number of carbonyl (C=O) groups excluding carboxylic acids is 1. The van der Waals surface area contributed by atoms with Crippen LogP contribution in [0.1, 0.15) is 39.4 Å². The minimum atomic E-state index is -0.842. The lowest BCUT2D eigenvalue weighted by Gasteiger charge is -2.24. The normalized spacial score (nSPS) is 14.8. The third-order valence-corrected chi connectivity index (χ3v) is 3.45.